The van der Waals surface area contributed by atoms with Gasteiger partial charge in [-0.1, -0.05) is 6.92 Å². The van der Waals surface area contributed by atoms with Gasteiger partial charge in [0.05, 0.1) is 4.90 Å². The topological polar surface area (TPSA) is 39.6 Å². The van der Waals surface area contributed by atoms with E-state index in [-0.39, 0.29) is 18.0 Å². The first kappa shape index (κ1) is 22.7. The highest BCUT2D eigenvalue weighted by molar-refractivity contribution is 7.98. The lowest BCUT2D eigenvalue weighted by molar-refractivity contribution is 0.0181. The van der Waals surface area contributed by atoms with Gasteiger partial charge in [0.15, 0.2) is 0 Å². The third-order valence-corrected chi connectivity index (χ3v) is 5.69. The Morgan fingerprint density at radius 3 is 2.39 bits per heavy atom. The summed E-state index contributed by atoms with van der Waals surface area (Å²) in [5.74, 6) is -1.73. The van der Waals surface area contributed by atoms with Gasteiger partial charge in [0.25, 0.3) is 0 Å². The first-order valence-corrected chi connectivity index (χ1v) is 10.7. The summed E-state index contributed by atoms with van der Waals surface area (Å²) in [5, 5.41) is 10.6. The van der Waals surface area contributed by atoms with Gasteiger partial charge in [-0.05, 0) is 56.4 Å². The van der Waals surface area contributed by atoms with Crippen LogP contribution >= 0.6 is 23.7 Å². The molecule has 0 saturated heterocycles. The third-order valence-electron chi connectivity index (χ3n) is 4.02. The minimum Gasteiger partial charge on any atom is -0.505 e. The van der Waals surface area contributed by atoms with E-state index in [0.717, 1.165) is 36.4 Å². The van der Waals surface area contributed by atoms with Crippen molar-refractivity contribution in [3.63, 3.8) is 0 Å². The molecule has 0 bridgehead atoms. The Morgan fingerprint density at radius 1 is 1.25 bits per heavy atom. The number of thioether (sulfide) groups is 1. The molecular formula is C19H24F3N3OS2. The minimum absolute atomic E-state index is 0.0625. The zero-order valence-corrected chi connectivity index (χ0v) is 17.9. The number of likely N-dealkylation sites (N-methyl/N-ethyl adjacent to an activating group) is 1. The summed E-state index contributed by atoms with van der Waals surface area (Å²) < 4.78 is 38.2. The molecule has 1 aliphatic rings. The molecule has 2 heterocycles. The zero-order chi connectivity index (χ0) is 20.9. The van der Waals surface area contributed by atoms with Gasteiger partial charge in [-0.15, -0.1) is 11.8 Å². The highest BCUT2D eigenvalue weighted by Crippen LogP contribution is 2.41. The number of hydrogen-bond acceptors (Lipinski definition) is 6. The molecule has 28 heavy (non-hydrogen) atoms. The molecular weight excluding hydrogens is 407 g/mol. The van der Waals surface area contributed by atoms with Crippen LogP contribution in [0.15, 0.2) is 40.3 Å². The summed E-state index contributed by atoms with van der Waals surface area (Å²) in [6, 6.07) is 8.15. The number of aromatic nitrogens is 1. The number of aromatic hydroxyl groups is 1. The molecule has 0 saturated carbocycles. The van der Waals surface area contributed by atoms with Crippen LogP contribution in [0.3, 0.4) is 0 Å². The van der Waals surface area contributed by atoms with Crippen molar-refractivity contribution in [2.24, 2.45) is 0 Å². The van der Waals surface area contributed by atoms with Crippen molar-refractivity contribution < 1.29 is 18.3 Å². The molecule has 1 aliphatic heterocycles. The average Bonchev–Trinajstić information content (AvgIpc) is 2.79. The normalized spacial score (nSPS) is 14.8. The molecule has 1 aromatic heterocycles. The molecule has 2 aromatic rings. The Labute approximate surface area is 172 Å². The Hall–Kier alpha value is -1.58. The monoisotopic (exact) mass is 431 g/mol. The maximum atomic E-state index is 13.2. The van der Waals surface area contributed by atoms with Crippen LogP contribution in [-0.2, 0) is 0 Å². The van der Waals surface area contributed by atoms with E-state index in [9.17, 15) is 18.3 Å². The third kappa shape index (κ3) is 6.22. The number of pyridine rings is 1. The van der Waals surface area contributed by atoms with Gasteiger partial charge in [-0.25, -0.2) is 22.5 Å². The predicted molar refractivity (Wildman–Crippen MR) is 110 cm³/mol. The first-order chi connectivity index (χ1) is 13.1. The van der Waals surface area contributed by atoms with Crippen molar-refractivity contribution in [1.82, 2.24) is 9.29 Å². The maximum Gasteiger partial charge on any atom is 0.245 e. The number of halogens is 3. The Kier molecular flexibility index (Phi) is 7.91. The molecule has 4 nitrogen and oxygen atoms in total. The molecule has 0 radical (unpaired) electrons. The number of nitrogens with zero attached hydrogens (tertiary/aromatic N) is 3. The first-order valence-electron chi connectivity index (χ1n) is 8.72. The molecule has 3 rings (SSSR count). The summed E-state index contributed by atoms with van der Waals surface area (Å²) >= 11 is 2.96. The molecule has 154 valence electrons. The minimum atomic E-state index is -2.46. The van der Waals surface area contributed by atoms with E-state index >= 15 is 0 Å². The molecule has 0 atom stereocenters. The lowest BCUT2D eigenvalue weighted by Crippen LogP contribution is -2.25. The van der Waals surface area contributed by atoms with Crippen LogP contribution in [0.1, 0.15) is 20.3 Å². The van der Waals surface area contributed by atoms with Gasteiger partial charge in [0, 0.05) is 31.3 Å². The van der Waals surface area contributed by atoms with Gasteiger partial charge in [0.1, 0.15) is 22.4 Å². The second-order valence-corrected chi connectivity index (χ2v) is 8.37. The largest absolute Gasteiger partial charge is 0.505 e. The zero-order valence-electron chi connectivity index (χ0n) is 16.2. The lowest BCUT2D eigenvalue weighted by Gasteiger charge is -2.23. The van der Waals surface area contributed by atoms with Gasteiger partial charge in [-0.3, -0.25) is 0 Å². The average molecular weight is 432 g/mol. The van der Waals surface area contributed by atoms with Crippen molar-refractivity contribution in [2.75, 3.05) is 31.3 Å². The number of anilines is 2. The van der Waals surface area contributed by atoms with Crippen LogP contribution in [0.4, 0.5) is 24.7 Å². The lowest BCUT2D eigenvalue weighted by atomic mass is 10.2. The second-order valence-electron chi connectivity index (χ2n) is 6.33. The fourth-order valence-corrected chi connectivity index (χ4v) is 3.66. The van der Waals surface area contributed by atoms with Crippen molar-refractivity contribution in [2.45, 2.75) is 36.1 Å². The van der Waals surface area contributed by atoms with Gasteiger partial charge in [0.2, 0.25) is 5.92 Å². The fourth-order valence-electron chi connectivity index (χ4n) is 2.30. The van der Waals surface area contributed by atoms with Crippen molar-refractivity contribution >= 4 is 35.2 Å². The molecule has 1 aromatic carbocycles. The van der Waals surface area contributed by atoms with Crippen LogP contribution in [0.2, 0.25) is 0 Å². The molecule has 0 unspecified atom stereocenters. The van der Waals surface area contributed by atoms with Gasteiger partial charge in [-0.2, -0.15) is 0 Å². The quantitative estimate of drug-likeness (QED) is 0.490. The standard InChI is InChI=1S/C15H16FN3OS2.C4H8F2/c1-18-7-8-19(11-5-3-10(16)4-6-11)14-13(22-18)9-12(20)15(17-14)21-2;1-3-4(2,5)6/h3-6,9,20H,7-8H2,1-2H3;3H2,1-2H3. The molecule has 9 heteroatoms. The van der Waals surface area contributed by atoms with Gasteiger partial charge < -0.3 is 10.0 Å². The van der Waals surface area contributed by atoms with E-state index in [1.54, 1.807) is 30.1 Å². The summed E-state index contributed by atoms with van der Waals surface area (Å²) in [6.07, 6.45) is 1.82. The smallest absolute Gasteiger partial charge is 0.245 e. The van der Waals surface area contributed by atoms with E-state index in [0.29, 0.717) is 5.03 Å². The summed E-state index contributed by atoms with van der Waals surface area (Å²) in [5.41, 5.74) is 0.892. The summed E-state index contributed by atoms with van der Waals surface area (Å²) in [4.78, 5) is 7.55. The summed E-state index contributed by atoms with van der Waals surface area (Å²) in [6.45, 7) is 3.94. The van der Waals surface area contributed by atoms with E-state index in [1.807, 2.05) is 13.3 Å². The van der Waals surface area contributed by atoms with Gasteiger partial charge >= 0.3 is 0 Å². The van der Waals surface area contributed by atoms with Crippen LogP contribution < -0.4 is 4.90 Å². The number of rotatable bonds is 3. The van der Waals surface area contributed by atoms with E-state index < -0.39 is 5.92 Å². The second kappa shape index (κ2) is 9.76. The molecule has 0 amide bonds. The highest BCUT2D eigenvalue weighted by atomic mass is 32.2. The number of fused-ring (bicyclic) bond motifs is 1. The van der Waals surface area contributed by atoms with E-state index in [2.05, 4.69) is 14.2 Å². The molecule has 0 spiro atoms. The number of hydrogen-bond donors (Lipinski definition) is 1. The number of alkyl halides is 2. The highest BCUT2D eigenvalue weighted by Gasteiger charge is 2.23. The SMILES string of the molecule is CCC(C)(F)F.CSc1nc2c(cc1O)SN(C)CCN2c1ccc(F)cc1. The van der Waals surface area contributed by atoms with E-state index in [4.69, 9.17) is 0 Å². The van der Waals surface area contributed by atoms with Crippen LogP contribution in [0.25, 0.3) is 0 Å². The molecule has 0 fully saturated rings. The van der Waals surface area contributed by atoms with Crippen molar-refractivity contribution in [3.8, 4) is 5.75 Å². The van der Waals surface area contributed by atoms with Crippen molar-refractivity contribution in [3.05, 3.63) is 36.1 Å². The maximum absolute atomic E-state index is 13.2. The number of benzene rings is 1. The van der Waals surface area contributed by atoms with E-state index in [1.165, 1.54) is 30.8 Å². The fraction of sp³-hybridized carbons (Fsp3) is 0.421. The summed E-state index contributed by atoms with van der Waals surface area (Å²) in [7, 11) is 2.00. The molecule has 0 aliphatic carbocycles. The van der Waals surface area contributed by atoms with Crippen LogP contribution in [0, 0.1) is 5.82 Å². The van der Waals surface area contributed by atoms with Crippen LogP contribution in [-0.4, -0.2) is 46.7 Å². The Bertz CT molecular complexity index is 785. The molecule has 1 N–H and O–H groups in total. The van der Waals surface area contributed by atoms with Crippen molar-refractivity contribution in [1.29, 1.82) is 0 Å². The van der Waals surface area contributed by atoms with Crippen LogP contribution in [0.5, 0.6) is 5.75 Å². The Balaban J connectivity index is 0.000000409. The predicted octanol–water partition coefficient (Wildman–Crippen LogP) is 5.79. The Morgan fingerprint density at radius 2 is 1.86 bits per heavy atom.